The smallest absolute Gasteiger partial charge is 0.123 e. The Kier molecular flexibility index (Phi) is 6.65. The zero-order valence-electron chi connectivity index (χ0n) is 12.6. The summed E-state index contributed by atoms with van der Waals surface area (Å²) in [4.78, 5) is 0. The molecular weight excluding hydrogens is 234 g/mol. The van der Waals surface area contributed by atoms with Crippen LogP contribution in [0, 0.1) is 0 Å². The summed E-state index contributed by atoms with van der Waals surface area (Å²) < 4.78 is 5.94. The van der Waals surface area contributed by atoms with E-state index in [2.05, 4.69) is 50.9 Å². The summed E-state index contributed by atoms with van der Waals surface area (Å²) in [7, 11) is 0. The molecule has 0 spiro atoms. The molecule has 2 heteroatoms. The highest BCUT2D eigenvalue weighted by molar-refractivity contribution is 5.38. The number of rotatable bonds is 8. The Morgan fingerprint density at radius 1 is 1.21 bits per heavy atom. The minimum absolute atomic E-state index is 0.133. The van der Waals surface area contributed by atoms with E-state index >= 15 is 0 Å². The van der Waals surface area contributed by atoms with Crippen molar-refractivity contribution in [1.29, 1.82) is 0 Å². The van der Waals surface area contributed by atoms with Crippen molar-refractivity contribution in [3.63, 3.8) is 0 Å². The van der Waals surface area contributed by atoms with Crippen LogP contribution in [0.25, 0.3) is 0 Å². The summed E-state index contributed by atoms with van der Waals surface area (Å²) in [5.41, 5.74) is 1.42. The molecule has 0 heterocycles. The van der Waals surface area contributed by atoms with Crippen molar-refractivity contribution in [2.45, 2.75) is 39.0 Å². The van der Waals surface area contributed by atoms with Gasteiger partial charge < -0.3 is 10.1 Å². The SMILES string of the molecule is C=CC[NH2+]CCCCOc1ccccc1C(C)(C)C. The average Bonchev–Trinajstić information content (AvgIpc) is 2.37. The van der Waals surface area contributed by atoms with Gasteiger partial charge in [0, 0.05) is 0 Å². The van der Waals surface area contributed by atoms with Gasteiger partial charge in [-0.05, 0) is 36.0 Å². The molecular formula is C17H28NO+. The average molecular weight is 262 g/mol. The maximum absolute atomic E-state index is 5.94. The van der Waals surface area contributed by atoms with E-state index in [1.807, 2.05) is 12.1 Å². The van der Waals surface area contributed by atoms with Gasteiger partial charge in [-0.2, -0.15) is 0 Å². The lowest BCUT2D eigenvalue weighted by Crippen LogP contribution is -2.83. The minimum Gasteiger partial charge on any atom is -0.493 e. The second-order valence-electron chi connectivity index (χ2n) is 5.90. The molecule has 1 aromatic carbocycles. The Balaban J connectivity index is 2.35. The molecule has 0 aromatic heterocycles. The summed E-state index contributed by atoms with van der Waals surface area (Å²) in [5, 5.41) is 2.27. The van der Waals surface area contributed by atoms with Gasteiger partial charge in [0.2, 0.25) is 0 Å². The molecule has 0 bridgehead atoms. The quantitative estimate of drug-likeness (QED) is 0.566. The first-order valence-electron chi connectivity index (χ1n) is 7.20. The minimum atomic E-state index is 0.133. The first kappa shape index (κ1) is 15.8. The number of hydrogen-bond donors (Lipinski definition) is 1. The number of benzene rings is 1. The van der Waals surface area contributed by atoms with Gasteiger partial charge in [0.1, 0.15) is 5.75 Å². The molecule has 106 valence electrons. The Bertz CT molecular complexity index is 379. The molecule has 2 nitrogen and oxygen atoms in total. The summed E-state index contributed by atoms with van der Waals surface area (Å²) in [6.45, 7) is 13.3. The highest BCUT2D eigenvalue weighted by atomic mass is 16.5. The third kappa shape index (κ3) is 5.93. The molecule has 0 unspecified atom stereocenters. The molecule has 0 atom stereocenters. The van der Waals surface area contributed by atoms with E-state index in [9.17, 15) is 0 Å². The lowest BCUT2D eigenvalue weighted by atomic mass is 9.86. The van der Waals surface area contributed by atoms with Crippen LogP contribution in [-0.4, -0.2) is 19.7 Å². The number of unbranched alkanes of at least 4 members (excludes halogenated alkanes) is 1. The van der Waals surface area contributed by atoms with Gasteiger partial charge in [-0.3, -0.25) is 0 Å². The van der Waals surface area contributed by atoms with E-state index in [0.717, 1.165) is 31.9 Å². The monoisotopic (exact) mass is 262 g/mol. The van der Waals surface area contributed by atoms with Gasteiger partial charge in [0.25, 0.3) is 0 Å². The number of hydrogen-bond acceptors (Lipinski definition) is 1. The third-order valence-corrected chi connectivity index (χ3v) is 3.09. The summed E-state index contributed by atoms with van der Waals surface area (Å²) in [6, 6.07) is 8.36. The van der Waals surface area contributed by atoms with Gasteiger partial charge in [-0.1, -0.05) is 45.5 Å². The van der Waals surface area contributed by atoms with E-state index in [1.165, 1.54) is 12.0 Å². The van der Waals surface area contributed by atoms with Crippen molar-refractivity contribution in [2.75, 3.05) is 19.7 Å². The Labute approximate surface area is 117 Å². The fraction of sp³-hybridized carbons (Fsp3) is 0.529. The maximum Gasteiger partial charge on any atom is 0.123 e. The van der Waals surface area contributed by atoms with Gasteiger partial charge in [0.05, 0.1) is 19.7 Å². The van der Waals surface area contributed by atoms with Crippen LogP contribution in [0.4, 0.5) is 0 Å². The van der Waals surface area contributed by atoms with Crippen LogP contribution in [0.2, 0.25) is 0 Å². The lowest BCUT2D eigenvalue weighted by Gasteiger charge is -2.22. The second-order valence-corrected chi connectivity index (χ2v) is 5.90. The molecule has 0 radical (unpaired) electrons. The van der Waals surface area contributed by atoms with Crippen molar-refractivity contribution < 1.29 is 10.1 Å². The van der Waals surface area contributed by atoms with E-state index < -0.39 is 0 Å². The first-order chi connectivity index (χ1) is 9.05. The molecule has 0 aliphatic rings. The van der Waals surface area contributed by atoms with Gasteiger partial charge in [-0.15, -0.1) is 0 Å². The van der Waals surface area contributed by atoms with E-state index in [0.29, 0.717) is 0 Å². The van der Waals surface area contributed by atoms with Crippen LogP contribution >= 0.6 is 0 Å². The predicted molar refractivity (Wildman–Crippen MR) is 81.7 cm³/mol. The van der Waals surface area contributed by atoms with Crippen molar-refractivity contribution in [2.24, 2.45) is 0 Å². The Morgan fingerprint density at radius 2 is 1.95 bits per heavy atom. The molecule has 1 rings (SSSR count). The molecule has 0 amide bonds. The van der Waals surface area contributed by atoms with Crippen LogP contribution in [0.15, 0.2) is 36.9 Å². The van der Waals surface area contributed by atoms with Crippen molar-refractivity contribution in [1.82, 2.24) is 0 Å². The van der Waals surface area contributed by atoms with Crippen LogP contribution < -0.4 is 10.1 Å². The fourth-order valence-corrected chi connectivity index (χ4v) is 2.02. The van der Waals surface area contributed by atoms with E-state index in [-0.39, 0.29) is 5.41 Å². The van der Waals surface area contributed by atoms with Gasteiger partial charge in [-0.25, -0.2) is 0 Å². The molecule has 2 N–H and O–H groups in total. The molecule has 0 fully saturated rings. The highest BCUT2D eigenvalue weighted by Crippen LogP contribution is 2.30. The van der Waals surface area contributed by atoms with Crippen LogP contribution in [-0.2, 0) is 5.41 Å². The van der Waals surface area contributed by atoms with Crippen molar-refractivity contribution >= 4 is 0 Å². The molecule has 1 aromatic rings. The lowest BCUT2D eigenvalue weighted by molar-refractivity contribution is -0.646. The van der Waals surface area contributed by atoms with E-state index in [1.54, 1.807) is 0 Å². The number of quaternary nitrogens is 1. The maximum atomic E-state index is 5.94. The zero-order chi connectivity index (χ0) is 14.1. The normalized spacial score (nSPS) is 11.3. The van der Waals surface area contributed by atoms with Crippen molar-refractivity contribution in [3.8, 4) is 5.75 Å². The molecule has 0 saturated carbocycles. The third-order valence-electron chi connectivity index (χ3n) is 3.09. The summed E-state index contributed by atoms with van der Waals surface area (Å²) >= 11 is 0. The topological polar surface area (TPSA) is 25.8 Å². The van der Waals surface area contributed by atoms with Gasteiger partial charge >= 0.3 is 0 Å². The number of para-hydroxylation sites is 1. The number of ether oxygens (including phenoxy) is 1. The van der Waals surface area contributed by atoms with Crippen LogP contribution in [0.1, 0.15) is 39.2 Å². The summed E-state index contributed by atoms with van der Waals surface area (Å²) in [6.07, 6.45) is 4.23. The first-order valence-corrected chi connectivity index (χ1v) is 7.20. The molecule has 0 aliphatic heterocycles. The largest absolute Gasteiger partial charge is 0.493 e. The standard InChI is InChI=1S/C17H27NO/c1-5-12-18-13-8-9-14-19-16-11-7-6-10-15(16)17(2,3)4/h5-7,10-11,18H,1,8-9,12-14H2,2-4H3/p+1. The summed E-state index contributed by atoms with van der Waals surface area (Å²) in [5.74, 6) is 1.03. The Morgan fingerprint density at radius 3 is 2.63 bits per heavy atom. The Hall–Kier alpha value is -1.28. The predicted octanol–water partition coefficient (Wildman–Crippen LogP) is 2.89. The zero-order valence-corrected chi connectivity index (χ0v) is 12.6. The second kappa shape index (κ2) is 8.00. The van der Waals surface area contributed by atoms with Crippen molar-refractivity contribution in [3.05, 3.63) is 42.5 Å². The number of nitrogens with two attached hydrogens (primary N) is 1. The highest BCUT2D eigenvalue weighted by Gasteiger charge is 2.18. The van der Waals surface area contributed by atoms with Crippen LogP contribution in [0.3, 0.4) is 0 Å². The molecule has 19 heavy (non-hydrogen) atoms. The fourth-order valence-electron chi connectivity index (χ4n) is 2.02. The van der Waals surface area contributed by atoms with Crippen LogP contribution in [0.5, 0.6) is 5.75 Å². The van der Waals surface area contributed by atoms with E-state index in [4.69, 9.17) is 4.74 Å². The van der Waals surface area contributed by atoms with Gasteiger partial charge in [0.15, 0.2) is 0 Å². The molecule has 0 saturated heterocycles. The molecule has 0 aliphatic carbocycles.